The Morgan fingerprint density at radius 2 is 1.85 bits per heavy atom. The number of aromatic nitrogens is 2. The van der Waals surface area contributed by atoms with Gasteiger partial charge in [0, 0.05) is 24.8 Å². The third-order valence-electron chi connectivity index (χ3n) is 4.60. The molecule has 0 radical (unpaired) electrons. The van der Waals surface area contributed by atoms with E-state index in [1.54, 1.807) is 20.4 Å². The number of amides is 1. The average molecular weight is 356 g/mol. The van der Waals surface area contributed by atoms with Gasteiger partial charge in [0.15, 0.2) is 11.5 Å². The molecule has 1 saturated heterocycles. The number of benzene rings is 1. The number of hydrogen-bond acceptors (Lipinski definition) is 6. The third-order valence-corrected chi connectivity index (χ3v) is 4.60. The summed E-state index contributed by atoms with van der Waals surface area (Å²) in [5.74, 6) is 2.46. The maximum atomic E-state index is 12.5. The molecule has 26 heavy (non-hydrogen) atoms. The highest BCUT2D eigenvalue weighted by Gasteiger charge is 2.22. The summed E-state index contributed by atoms with van der Waals surface area (Å²) in [6.07, 6.45) is 5.16. The Hall–Kier alpha value is -2.83. The highest BCUT2D eigenvalue weighted by atomic mass is 16.5. The molecule has 1 fully saturated rings. The van der Waals surface area contributed by atoms with E-state index < -0.39 is 0 Å². The predicted octanol–water partition coefficient (Wildman–Crippen LogP) is 3.11. The highest BCUT2D eigenvalue weighted by molar-refractivity contribution is 5.92. The van der Waals surface area contributed by atoms with Crippen molar-refractivity contribution < 1.29 is 14.3 Å². The topological polar surface area (TPSA) is 76.6 Å². The first-order valence-electron chi connectivity index (χ1n) is 8.71. The van der Waals surface area contributed by atoms with Gasteiger partial charge in [-0.05, 0) is 30.9 Å². The van der Waals surface area contributed by atoms with Gasteiger partial charge in [-0.2, -0.15) is 0 Å². The van der Waals surface area contributed by atoms with Crippen molar-refractivity contribution in [2.75, 3.05) is 32.6 Å². The molecule has 1 amide bonds. The van der Waals surface area contributed by atoms with Crippen LogP contribution >= 0.6 is 0 Å². The number of nitrogens with zero attached hydrogens (tertiary/aromatic N) is 3. The zero-order valence-electron chi connectivity index (χ0n) is 15.4. The lowest BCUT2D eigenvalue weighted by molar-refractivity contribution is 0.0691. The molecule has 0 aliphatic carbocycles. The lowest BCUT2D eigenvalue weighted by Crippen LogP contribution is -2.38. The second-order valence-corrected chi connectivity index (χ2v) is 6.46. The van der Waals surface area contributed by atoms with Crippen LogP contribution in [0.3, 0.4) is 0 Å². The van der Waals surface area contributed by atoms with Crippen LogP contribution in [0.25, 0.3) is 0 Å². The summed E-state index contributed by atoms with van der Waals surface area (Å²) in [7, 11) is 3.18. The maximum absolute atomic E-state index is 12.5. The molecule has 1 aliphatic heterocycles. The summed E-state index contributed by atoms with van der Waals surface area (Å²) in [4.78, 5) is 22.9. The standard InChI is InChI=1S/C19H24N4O3/c1-13-6-8-23(9-7-13)19(24)15-11-21-18(12-20-15)22-14-4-5-16(25-2)17(10-14)26-3/h4-5,10-13H,6-9H2,1-3H3,(H,21,22). The fraction of sp³-hybridized carbons (Fsp3) is 0.421. The van der Waals surface area contributed by atoms with Crippen molar-refractivity contribution in [1.82, 2.24) is 14.9 Å². The molecule has 7 nitrogen and oxygen atoms in total. The first-order valence-corrected chi connectivity index (χ1v) is 8.71. The Labute approximate surface area is 153 Å². The minimum atomic E-state index is -0.0536. The van der Waals surface area contributed by atoms with Crippen LogP contribution in [0.2, 0.25) is 0 Å². The fourth-order valence-corrected chi connectivity index (χ4v) is 2.94. The number of piperidine rings is 1. The number of carbonyl (C=O) groups excluding carboxylic acids is 1. The molecule has 1 aromatic heterocycles. The van der Waals surface area contributed by atoms with E-state index in [9.17, 15) is 4.79 Å². The van der Waals surface area contributed by atoms with Crippen LogP contribution < -0.4 is 14.8 Å². The molecule has 0 saturated carbocycles. The van der Waals surface area contributed by atoms with E-state index in [0.29, 0.717) is 28.9 Å². The van der Waals surface area contributed by atoms with Crippen molar-refractivity contribution in [2.24, 2.45) is 5.92 Å². The number of nitrogens with one attached hydrogen (secondary N) is 1. The molecule has 138 valence electrons. The Bertz CT molecular complexity index is 756. The first kappa shape index (κ1) is 18.0. The van der Waals surface area contributed by atoms with Crippen molar-refractivity contribution in [1.29, 1.82) is 0 Å². The number of likely N-dealkylation sites (tertiary alicyclic amines) is 1. The maximum Gasteiger partial charge on any atom is 0.274 e. The summed E-state index contributed by atoms with van der Waals surface area (Å²) in [5, 5.41) is 3.15. The quantitative estimate of drug-likeness (QED) is 0.887. The zero-order chi connectivity index (χ0) is 18.5. The molecule has 1 N–H and O–H groups in total. The predicted molar refractivity (Wildman–Crippen MR) is 99.2 cm³/mol. The van der Waals surface area contributed by atoms with Crippen LogP contribution in [-0.4, -0.2) is 48.1 Å². The van der Waals surface area contributed by atoms with Gasteiger partial charge in [-0.1, -0.05) is 6.92 Å². The number of methoxy groups -OCH3 is 2. The summed E-state index contributed by atoms with van der Waals surface area (Å²) >= 11 is 0. The largest absolute Gasteiger partial charge is 0.493 e. The second kappa shape index (κ2) is 8.03. The minimum Gasteiger partial charge on any atom is -0.493 e. The molecule has 0 unspecified atom stereocenters. The first-order chi connectivity index (χ1) is 12.6. The number of ether oxygens (including phenoxy) is 2. The number of carbonyl (C=O) groups is 1. The normalized spacial score (nSPS) is 14.8. The van der Waals surface area contributed by atoms with E-state index in [0.717, 1.165) is 31.6 Å². The van der Waals surface area contributed by atoms with E-state index >= 15 is 0 Å². The molecule has 2 heterocycles. The minimum absolute atomic E-state index is 0.0536. The van der Waals surface area contributed by atoms with Gasteiger partial charge in [0.2, 0.25) is 0 Å². The molecular formula is C19H24N4O3. The van der Waals surface area contributed by atoms with E-state index in [2.05, 4.69) is 22.2 Å². The van der Waals surface area contributed by atoms with Gasteiger partial charge in [-0.25, -0.2) is 9.97 Å². The van der Waals surface area contributed by atoms with Crippen molar-refractivity contribution in [3.63, 3.8) is 0 Å². The molecule has 1 aliphatic rings. The lowest BCUT2D eigenvalue weighted by Gasteiger charge is -2.29. The lowest BCUT2D eigenvalue weighted by atomic mass is 9.99. The zero-order valence-corrected chi connectivity index (χ0v) is 15.4. The van der Waals surface area contributed by atoms with E-state index in [4.69, 9.17) is 9.47 Å². The van der Waals surface area contributed by atoms with Crippen LogP contribution in [-0.2, 0) is 0 Å². The second-order valence-electron chi connectivity index (χ2n) is 6.46. The van der Waals surface area contributed by atoms with Crippen molar-refractivity contribution in [2.45, 2.75) is 19.8 Å². The highest BCUT2D eigenvalue weighted by Crippen LogP contribution is 2.30. The fourth-order valence-electron chi connectivity index (χ4n) is 2.94. The molecule has 1 aromatic carbocycles. The van der Waals surface area contributed by atoms with Crippen molar-refractivity contribution >= 4 is 17.4 Å². The molecule has 2 aromatic rings. The summed E-state index contributed by atoms with van der Waals surface area (Å²) in [6.45, 7) is 3.79. The number of hydrogen-bond donors (Lipinski definition) is 1. The smallest absolute Gasteiger partial charge is 0.274 e. The van der Waals surface area contributed by atoms with Gasteiger partial charge in [0.25, 0.3) is 5.91 Å². The Kier molecular flexibility index (Phi) is 5.55. The molecule has 3 rings (SSSR count). The van der Waals surface area contributed by atoms with E-state index in [1.165, 1.54) is 6.20 Å². The van der Waals surface area contributed by atoms with Gasteiger partial charge in [-0.15, -0.1) is 0 Å². The average Bonchev–Trinajstić information content (AvgIpc) is 2.68. The molecule has 0 bridgehead atoms. The summed E-state index contributed by atoms with van der Waals surface area (Å²) in [6, 6.07) is 5.48. The van der Waals surface area contributed by atoms with Gasteiger partial charge in [0.05, 0.1) is 26.6 Å². The van der Waals surface area contributed by atoms with E-state index in [1.807, 2.05) is 23.1 Å². The van der Waals surface area contributed by atoms with Gasteiger partial charge in [0.1, 0.15) is 11.5 Å². The van der Waals surface area contributed by atoms with Crippen LogP contribution in [0.5, 0.6) is 11.5 Å². The van der Waals surface area contributed by atoms with Crippen molar-refractivity contribution in [3.8, 4) is 11.5 Å². The van der Waals surface area contributed by atoms with Crippen molar-refractivity contribution in [3.05, 3.63) is 36.3 Å². The summed E-state index contributed by atoms with van der Waals surface area (Å²) in [5.41, 5.74) is 1.17. The summed E-state index contributed by atoms with van der Waals surface area (Å²) < 4.78 is 10.5. The molecule has 0 spiro atoms. The Balaban J connectivity index is 1.67. The number of rotatable bonds is 5. The molecular weight excluding hydrogens is 332 g/mol. The Morgan fingerprint density at radius 3 is 2.46 bits per heavy atom. The number of anilines is 2. The van der Waals surface area contributed by atoms with Gasteiger partial charge in [-0.3, -0.25) is 4.79 Å². The van der Waals surface area contributed by atoms with E-state index in [-0.39, 0.29) is 5.91 Å². The SMILES string of the molecule is COc1ccc(Nc2cnc(C(=O)N3CCC(C)CC3)cn2)cc1OC. The van der Waals surface area contributed by atoms with Crippen LogP contribution in [0.1, 0.15) is 30.3 Å². The van der Waals surface area contributed by atoms with Gasteiger partial charge < -0.3 is 19.7 Å². The molecule has 0 atom stereocenters. The van der Waals surface area contributed by atoms with Crippen LogP contribution in [0.4, 0.5) is 11.5 Å². The monoisotopic (exact) mass is 356 g/mol. The Morgan fingerprint density at radius 1 is 1.12 bits per heavy atom. The molecule has 7 heteroatoms. The van der Waals surface area contributed by atoms with Crippen LogP contribution in [0.15, 0.2) is 30.6 Å². The van der Waals surface area contributed by atoms with Crippen LogP contribution in [0, 0.1) is 5.92 Å². The third kappa shape index (κ3) is 4.04. The van der Waals surface area contributed by atoms with Gasteiger partial charge >= 0.3 is 0 Å².